The second-order valence-electron chi connectivity index (χ2n) is 14.8. The van der Waals surface area contributed by atoms with E-state index in [1.54, 1.807) is 6.08 Å². The fourth-order valence-electron chi connectivity index (χ4n) is 7.75. The summed E-state index contributed by atoms with van der Waals surface area (Å²) in [7, 11) is 0. The maximum Gasteiger partial charge on any atom is 0.164 e. The van der Waals surface area contributed by atoms with E-state index >= 15 is 0 Å². The lowest BCUT2D eigenvalue weighted by Crippen LogP contribution is -2.03. The predicted octanol–water partition coefficient (Wildman–Crippen LogP) is 14.3. The molecule has 0 saturated heterocycles. The van der Waals surface area contributed by atoms with Gasteiger partial charge in [-0.1, -0.05) is 183 Å². The van der Waals surface area contributed by atoms with Gasteiger partial charge >= 0.3 is 0 Å². The van der Waals surface area contributed by atoms with Crippen molar-refractivity contribution in [3.05, 3.63) is 236 Å². The number of aromatic nitrogens is 4. The molecular weight excluding hydrogens is 729 g/mol. The zero-order valence-electron chi connectivity index (χ0n) is 33.2. The molecule has 286 valence electrons. The quantitative estimate of drug-likeness (QED) is 0.123. The summed E-state index contributed by atoms with van der Waals surface area (Å²) in [6, 6.07) is 49.1. The molecule has 0 bridgehead atoms. The number of benzene rings is 6. The topological polar surface area (TPSA) is 51.6 Å². The van der Waals surface area contributed by atoms with Crippen molar-refractivity contribution in [3.63, 3.8) is 0 Å². The Balaban J connectivity index is 1.13. The van der Waals surface area contributed by atoms with Crippen LogP contribution in [-0.2, 0) is 0 Å². The van der Waals surface area contributed by atoms with Gasteiger partial charge in [-0.05, 0) is 92.4 Å². The van der Waals surface area contributed by atoms with Crippen molar-refractivity contribution in [2.45, 2.75) is 12.3 Å². The first-order valence-electron chi connectivity index (χ1n) is 20.2. The molecule has 4 heteroatoms. The van der Waals surface area contributed by atoms with Crippen molar-refractivity contribution in [1.29, 1.82) is 0 Å². The zero-order chi connectivity index (χ0) is 40.7. The SMILES string of the molecule is C=C/C=C\C=C\c1nc(-c2ccccc2)nc(-c2cc(-c3ccc(-c4cc5ccccc5cn4)cc3)cc(C3C=CC(c4cc(/C=C\C=C)cc5ccccc45)=CC3)c2)n1. The van der Waals surface area contributed by atoms with Gasteiger partial charge in [0.2, 0.25) is 0 Å². The lowest BCUT2D eigenvalue weighted by Gasteiger charge is -2.20. The van der Waals surface area contributed by atoms with E-state index in [1.165, 1.54) is 32.9 Å². The number of hydrogen-bond acceptors (Lipinski definition) is 4. The van der Waals surface area contributed by atoms with Crippen LogP contribution in [0.3, 0.4) is 0 Å². The number of nitrogens with zero attached hydrogens (tertiary/aromatic N) is 4. The van der Waals surface area contributed by atoms with E-state index in [4.69, 9.17) is 19.9 Å². The molecule has 1 aliphatic carbocycles. The lowest BCUT2D eigenvalue weighted by molar-refractivity contribution is 0.857. The molecule has 1 atom stereocenters. The largest absolute Gasteiger partial charge is 0.256 e. The van der Waals surface area contributed by atoms with Crippen LogP contribution in [0, 0.1) is 0 Å². The van der Waals surface area contributed by atoms with Gasteiger partial charge in [0.05, 0.1) is 5.69 Å². The third kappa shape index (κ3) is 8.27. The molecule has 2 heterocycles. The van der Waals surface area contributed by atoms with Crippen molar-refractivity contribution in [2.24, 2.45) is 0 Å². The second-order valence-corrected chi connectivity index (χ2v) is 14.8. The van der Waals surface area contributed by atoms with Crippen LogP contribution >= 0.6 is 0 Å². The number of allylic oxidation sites excluding steroid dienone is 10. The molecular formula is C56H42N4. The molecule has 1 unspecified atom stereocenters. The molecule has 0 spiro atoms. The Labute approximate surface area is 351 Å². The van der Waals surface area contributed by atoms with Crippen LogP contribution in [0.4, 0.5) is 0 Å². The molecule has 0 aliphatic heterocycles. The van der Waals surface area contributed by atoms with Crippen LogP contribution in [0.5, 0.6) is 0 Å². The van der Waals surface area contributed by atoms with Gasteiger partial charge < -0.3 is 0 Å². The third-order valence-corrected chi connectivity index (χ3v) is 10.8. The molecule has 6 aromatic carbocycles. The Morgan fingerprint density at radius 2 is 1.25 bits per heavy atom. The van der Waals surface area contributed by atoms with Gasteiger partial charge in [0.15, 0.2) is 17.5 Å². The standard InChI is InChI=1S/C56H42N4/c1-3-5-7-11-23-54-58-55(44-17-9-8-10-18-44)60-56(59-54)50-35-48(34-49(36-50)41-26-30-43(31-27-41)53-37-45-19-12-13-21-47(45)38-57-53)40-24-28-42(29-25-40)52-33-39(16-6-4-2)32-46-20-14-15-22-51(46)52/h3-24,26-38,40H,1-2,25H2/b7-5-,16-6-,23-11+. The van der Waals surface area contributed by atoms with E-state index in [1.807, 2.05) is 79.1 Å². The minimum atomic E-state index is 0.141. The summed E-state index contributed by atoms with van der Waals surface area (Å²) in [5, 5.41) is 4.76. The van der Waals surface area contributed by atoms with Gasteiger partial charge in [0, 0.05) is 34.2 Å². The maximum atomic E-state index is 5.09. The van der Waals surface area contributed by atoms with E-state index in [2.05, 4.69) is 141 Å². The Bertz CT molecular complexity index is 3040. The van der Waals surface area contributed by atoms with E-state index in [0.717, 1.165) is 50.9 Å². The molecule has 2 aromatic heterocycles. The lowest BCUT2D eigenvalue weighted by atomic mass is 9.84. The Hall–Kier alpha value is -7.82. The second kappa shape index (κ2) is 17.4. The molecule has 9 rings (SSSR count). The van der Waals surface area contributed by atoms with Crippen molar-refractivity contribution < 1.29 is 0 Å². The number of pyridine rings is 1. The highest BCUT2D eigenvalue weighted by atomic mass is 15.0. The first kappa shape index (κ1) is 37.7. The molecule has 1 aliphatic rings. The van der Waals surface area contributed by atoms with Crippen molar-refractivity contribution in [3.8, 4) is 45.2 Å². The highest BCUT2D eigenvalue weighted by Crippen LogP contribution is 2.38. The Kier molecular flexibility index (Phi) is 10.9. The van der Waals surface area contributed by atoms with E-state index in [0.29, 0.717) is 17.5 Å². The Morgan fingerprint density at radius 1 is 0.533 bits per heavy atom. The van der Waals surface area contributed by atoms with Crippen LogP contribution in [0.15, 0.2) is 214 Å². The van der Waals surface area contributed by atoms with Gasteiger partial charge in [0.25, 0.3) is 0 Å². The number of hydrogen-bond donors (Lipinski definition) is 0. The Morgan fingerprint density at radius 3 is 2.03 bits per heavy atom. The zero-order valence-corrected chi connectivity index (χ0v) is 33.2. The summed E-state index contributed by atoms with van der Waals surface area (Å²) < 4.78 is 0. The number of fused-ring (bicyclic) bond motifs is 2. The maximum absolute atomic E-state index is 5.09. The third-order valence-electron chi connectivity index (χ3n) is 10.8. The van der Waals surface area contributed by atoms with Crippen molar-refractivity contribution in [2.75, 3.05) is 0 Å². The predicted molar refractivity (Wildman–Crippen MR) is 253 cm³/mol. The first-order chi connectivity index (χ1) is 29.6. The molecule has 0 N–H and O–H groups in total. The van der Waals surface area contributed by atoms with Crippen LogP contribution in [-0.4, -0.2) is 19.9 Å². The smallest absolute Gasteiger partial charge is 0.164 e. The van der Waals surface area contributed by atoms with Crippen molar-refractivity contribution >= 4 is 39.3 Å². The summed E-state index contributed by atoms with van der Waals surface area (Å²) in [5.74, 6) is 1.95. The molecule has 8 aromatic rings. The summed E-state index contributed by atoms with van der Waals surface area (Å²) >= 11 is 0. The van der Waals surface area contributed by atoms with E-state index in [9.17, 15) is 0 Å². The minimum absolute atomic E-state index is 0.141. The molecule has 0 saturated carbocycles. The van der Waals surface area contributed by atoms with E-state index < -0.39 is 0 Å². The van der Waals surface area contributed by atoms with Gasteiger partial charge in [-0.25, -0.2) is 15.0 Å². The van der Waals surface area contributed by atoms with Gasteiger partial charge in [0.1, 0.15) is 0 Å². The summed E-state index contributed by atoms with van der Waals surface area (Å²) in [6.45, 7) is 7.66. The van der Waals surface area contributed by atoms with Crippen LogP contribution < -0.4 is 0 Å². The van der Waals surface area contributed by atoms with Crippen LogP contribution in [0.25, 0.3) is 84.4 Å². The molecule has 60 heavy (non-hydrogen) atoms. The van der Waals surface area contributed by atoms with E-state index in [-0.39, 0.29) is 5.92 Å². The monoisotopic (exact) mass is 770 g/mol. The number of rotatable bonds is 11. The normalized spacial score (nSPS) is 14.1. The highest BCUT2D eigenvalue weighted by Gasteiger charge is 2.19. The fourth-order valence-corrected chi connectivity index (χ4v) is 7.75. The first-order valence-corrected chi connectivity index (χ1v) is 20.2. The van der Waals surface area contributed by atoms with Crippen LogP contribution in [0.2, 0.25) is 0 Å². The van der Waals surface area contributed by atoms with Crippen molar-refractivity contribution in [1.82, 2.24) is 19.9 Å². The molecule has 0 amide bonds. The van der Waals surface area contributed by atoms with Gasteiger partial charge in [-0.15, -0.1) is 0 Å². The minimum Gasteiger partial charge on any atom is -0.256 e. The fraction of sp³-hybridized carbons (Fsp3) is 0.0357. The summed E-state index contributed by atoms with van der Waals surface area (Å²) in [6.07, 6.45) is 25.1. The molecule has 0 radical (unpaired) electrons. The van der Waals surface area contributed by atoms with Gasteiger partial charge in [-0.3, -0.25) is 4.98 Å². The molecule has 4 nitrogen and oxygen atoms in total. The average Bonchev–Trinajstić information content (AvgIpc) is 3.32. The summed E-state index contributed by atoms with van der Waals surface area (Å²) in [5.41, 5.74) is 10.8. The average molecular weight is 771 g/mol. The van der Waals surface area contributed by atoms with Gasteiger partial charge in [-0.2, -0.15) is 0 Å². The van der Waals surface area contributed by atoms with Crippen LogP contribution in [0.1, 0.15) is 34.9 Å². The summed E-state index contributed by atoms with van der Waals surface area (Å²) in [4.78, 5) is 19.7. The molecule has 0 fully saturated rings. The highest BCUT2D eigenvalue weighted by molar-refractivity contribution is 5.98.